The topological polar surface area (TPSA) is 65.7 Å². The first-order chi connectivity index (χ1) is 7.20. The van der Waals surface area contributed by atoms with E-state index < -0.39 is 0 Å². The molecular weight excluding hydrogens is 260 g/mol. The smallest absolute Gasteiger partial charge is 0.262 e. The molecule has 0 radical (unpaired) electrons. The summed E-state index contributed by atoms with van der Waals surface area (Å²) in [5.74, 6) is 0. The molecule has 0 aromatic carbocycles. The quantitative estimate of drug-likeness (QED) is 0.761. The molecule has 2 heterocycles. The highest BCUT2D eigenvalue weighted by Crippen LogP contribution is 1.96. The zero-order chi connectivity index (χ0) is 11.1. The molecule has 4 nitrogen and oxygen atoms in total. The predicted octanol–water partition coefficient (Wildman–Crippen LogP) is 1.51. The van der Waals surface area contributed by atoms with Gasteiger partial charge in [-0.3, -0.25) is 9.59 Å². The van der Waals surface area contributed by atoms with E-state index in [1.54, 1.807) is 36.7 Å². The Kier molecular flexibility index (Phi) is 4.56. The summed E-state index contributed by atoms with van der Waals surface area (Å²) in [5, 5.41) is 0. The van der Waals surface area contributed by atoms with E-state index in [4.69, 9.17) is 0 Å². The first-order valence-electron chi connectivity index (χ1n) is 4.17. The molecule has 0 bridgehead atoms. The molecule has 0 amide bonds. The van der Waals surface area contributed by atoms with E-state index in [1.165, 1.54) is 6.07 Å². The standard InChI is InChI=1S/C5H4BrNO.C5H5NO/c6-4-2-1-3-7-5(4)8;7-5-3-1-2-4-6-5/h1-3H,(H,7,8);1-4H,(H,6,7). The van der Waals surface area contributed by atoms with Gasteiger partial charge in [-0.2, -0.15) is 0 Å². The van der Waals surface area contributed by atoms with Crippen molar-refractivity contribution in [2.45, 2.75) is 0 Å². The summed E-state index contributed by atoms with van der Waals surface area (Å²) in [4.78, 5) is 25.7. The van der Waals surface area contributed by atoms with Crippen LogP contribution in [0.4, 0.5) is 0 Å². The number of nitrogens with one attached hydrogen (secondary N) is 2. The van der Waals surface area contributed by atoms with Gasteiger partial charge >= 0.3 is 0 Å². The van der Waals surface area contributed by atoms with Gasteiger partial charge in [0.25, 0.3) is 5.56 Å². The number of hydrogen-bond donors (Lipinski definition) is 2. The van der Waals surface area contributed by atoms with Crippen LogP contribution in [0.25, 0.3) is 0 Å². The third-order valence-corrected chi connectivity index (χ3v) is 2.08. The molecule has 0 atom stereocenters. The van der Waals surface area contributed by atoms with E-state index in [1.807, 2.05) is 0 Å². The Hall–Kier alpha value is -1.62. The Morgan fingerprint density at radius 2 is 1.67 bits per heavy atom. The van der Waals surface area contributed by atoms with E-state index in [0.717, 1.165) is 0 Å². The van der Waals surface area contributed by atoms with Gasteiger partial charge in [0.05, 0.1) is 4.47 Å². The van der Waals surface area contributed by atoms with Gasteiger partial charge in [-0.05, 0) is 34.1 Å². The average molecular weight is 269 g/mol. The highest BCUT2D eigenvalue weighted by Gasteiger charge is 1.86. The van der Waals surface area contributed by atoms with Gasteiger partial charge in [0.2, 0.25) is 5.56 Å². The fourth-order valence-corrected chi connectivity index (χ4v) is 1.04. The normalized spacial score (nSPS) is 8.87. The van der Waals surface area contributed by atoms with Crippen molar-refractivity contribution in [3.63, 3.8) is 0 Å². The third kappa shape index (κ3) is 4.42. The molecule has 2 aromatic heterocycles. The van der Waals surface area contributed by atoms with Crippen LogP contribution in [0.15, 0.2) is 56.8 Å². The maximum Gasteiger partial charge on any atom is 0.262 e. The molecule has 2 N–H and O–H groups in total. The molecular formula is C10H9BrN2O2. The van der Waals surface area contributed by atoms with Gasteiger partial charge < -0.3 is 9.97 Å². The van der Waals surface area contributed by atoms with Gasteiger partial charge in [-0.25, -0.2) is 0 Å². The van der Waals surface area contributed by atoms with Crippen LogP contribution < -0.4 is 11.1 Å². The number of hydrogen-bond acceptors (Lipinski definition) is 2. The molecule has 0 saturated heterocycles. The van der Waals surface area contributed by atoms with Crippen LogP contribution in [0.2, 0.25) is 0 Å². The van der Waals surface area contributed by atoms with Gasteiger partial charge in [-0.15, -0.1) is 0 Å². The van der Waals surface area contributed by atoms with E-state index in [2.05, 4.69) is 25.9 Å². The van der Waals surface area contributed by atoms with Crippen molar-refractivity contribution >= 4 is 15.9 Å². The van der Waals surface area contributed by atoms with Crippen molar-refractivity contribution in [3.05, 3.63) is 67.9 Å². The summed E-state index contributed by atoms with van der Waals surface area (Å²) >= 11 is 3.05. The van der Waals surface area contributed by atoms with E-state index in [0.29, 0.717) is 4.47 Å². The summed E-state index contributed by atoms with van der Waals surface area (Å²) in [6, 6.07) is 8.38. The zero-order valence-electron chi connectivity index (χ0n) is 7.74. The molecule has 0 unspecified atom stereocenters. The maximum atomic E-state index is 10.5. The highest BCUT2D eigenvalue weighted by molar-refractivity contribution is 9.10. The maximum absolute atomic E-state index is 10.5. The van der Waals surface area contributed by atoms with Gasteiger partial charge in [0, 0.05) is 18.5 Å². The molecule has 0 spiro atoms. The van der Waals surface area contributed by atoms with Gasteiger partial charge in [0.15, 0.2) is 0 Å². The monoisotopic (exact) mass is 268 g/mol. The lowest BCUT2D eigenvalue weighted by molar-refractivity contribution is 1.22. The van der Waals surface area contributed by atoms with Crippen molar-refractivity contribution < 1.29 is 0 Å². The first kappa shape index (κ1) is 11.5. The first-order valence-corrected chi connectivity index (χ1v) is 4.96. The average Bonchev–Trinajstić information content (AvgIpc) is 2.25. The van der Waals surface area contributed by atoms with Crippen LogP contribution >= 0.6 is 15.9 Å². The molecule has 2 aromatic rings. The fraction of sp³-hybridized carbons (Fsp3) is 0. The lowest BCUT2D eigenvalue weighted by Crippen LogP contribution is -2.02. The second-order valence-electron chi connectivity index (χ2n) is 2.57. The Bertz CT molecular complexity index is 501. The molecule has 0 aliphatic heterocycles. The molecule has 0 fully saturated rings. The fourth-order valence-electron chi connectivity index (χ4n) is 0.778. The van der Waals surface area contributed by atoms with Crippen LogP contribution in [0.1, 0.15) is 0 Å². The lowest BCUT2D eigenvalue weighted by Gasteiger charge is -1.81. The Labute approximate surface area is 94.1 Å². The number of aromatic amines is 2. The molecule has 0 saturated carbocycles. The van der Waals surface area contributed by atoms with Crippen molar-refractivity contribution in [2.24, 2.45) is 0 Å². The minimum atomic E-state index is -0.0903. The Morgan fingerprint density at radius 1 is 0.933 bits per heavy atom. The third-order valence-electron chi connectivity index (χ3n) is 1.45. The Morgan fingerprint density at radius 3 is 2.00 bits per heavy atom. The van der Waals surface area contributed by atoms with Crippen molar-refractivity contribution in [1.82, 2.24) is 9.97 Å². The van der Waals surface area contributed by atoms with E-state index in [-0.39, 0.29) is 11.1 Å². The van der Waals surface area contributed by atoms with Crippen LogP contribution in [0, 0.1) is 0 Å². The van der Waals surface area contributed by atoms with Gasteiger partial charge in [-0.1, -0.05) is 6.07 Å². The van der Waals surface area contributed by atoms with Gasteiger partial charge in [0.1, 0.15) is 0 Å². The highest BCUT2D eigenvalue weighted by atomic mass is 79.9. The molecule has 78 valence electrons. The zero-order valence-corrected chi connectivity index (χ0v) is 9.32. The number of H-pyrrole nitrogens is 2. The number of rotatable bonds is 0. The van der Waals surface area contributed by atoms with Crippen molar-refractivity contribution in [3.8, 4) is 0 Å². The second kappa shape index (κ2) is 5.98. The second-order valence-corrected chi connectivity index (χ2v) is 3.43. The Balaban J connectivity index is 0.000000151. The summed E-state index contributed by atoms with van der Waals surface area (Å²) in [7, 11) is 0. The van der Waals surface area contributed by atoms with E-state index in [9.17, 15) is 9.59 Å². The predicted molar refractivity (Wildman–Crippen MR) is 61.8 cm³/mol. The molecule has 0 aliphatic rings. The molecule has 0 aliphatic carbocycles. The van der Waals surface area contributed by atoms with Crippen LogP contribution in [0.3, 0.4) is 0 Å². The van der Waals surface area contributed by atoms with Crippen molar-refractivity contribution in [1.29, 1.82) is 0 Å². The van der Waals surface area contributed by atoms with Crippen LogP contribution in [0.5, 0.6) is 0 Å². The minimum absolute atomic E-state index is 0.0532. The minimum Gasteiger partial charge on any atom is -0.329 e. The summed E-state index contributed by atoms with van der Waals surface area (Å²) in [6.07, 6.45) is 3.19. The number of pyridine rings is 2. The lowest BCUT2D eigenvalue weighted by atomic mass is 10.5. The molecule has 2 rings (SSSR count). The van der Waals surface area contributed by atoms with Crippen LogP contribution in [-0.2, 0) is 0 Å². The number of aromatic nitrogens is 2. The van der Waals surface area contributed by atoms with E-state index >= 15 is 0 Å². The largest absolute Gasteiger partial charge is 0.329 e. The summed E-state index contributed by atoms with van der Waals surface area (Å²) < 4.78 is 0.569. The summed E-state index contributed by atoms with van der Waals surface area (Å²) in [5.41, 5.74) is -0.144. The number of halogens is 1. The SMILES string of the molecule is O=c1[nH]cccc1Br.O=c1cccc[nH]1. The molecule has 15 heavy (non-hydrogen) atoms. The summed E-state index contributed by atoms with van der Waals surface area (Å²) in [6.45, 7) is 0. The molecule has 5 heteroatoms. The van der Waals surface area contributed by atoms with Crippen molar-refractivity contribution in [2.75, 3.05) is 0 Å². The van der Waals surface area contributed by atoms with Crippen LogP contribution in [-0.4, -0.2) is 9.97 Å².